The summed E-state index contributed by atoms with van der Waals surface area (Å²) in [7, 11) is 0. The van der Waals surface area contributed by atoms with Gasteiger partial charge in [-0.05, 0) is 49.2 Å². The number of hydrogen-bond donors (Lipinski definition) is 3. The Morgan fingerprint density at radius 3 is 2.20 bits per heavy atom. The number of amides is 1. The first kappa shape index (κ1) is 17.8. The number of benzene rings is 2. The molecule has 6 nitrogen and oxygen atoms in total. The van der Waals surface area contributed by atoms with Crippen LogP contribution < -0.4 is 10.6 Å². The second kappa shape index (κ2) is 7.79. The predicted octanol–water partition coefficient (Wildman–Crippen LogP) is 3.46. The Kier molecular flexibility index (Phi) is 5.54. The van der Waals surface area contributed by atoms with Crippen molar-refractivity contribution in [1.82, 2.24) is 0 Å². The zero-order valence-electron chi connectivity index (χ0n) is 13.8. The first-order chi connectivity index (χ1) is 11.9. The van der Waals surface area contributed by atoms with E-state index >= 15 is 0 Å². The summed E-state index contributed by atoms with van der Waals surface area (Å²) in [6.45, 7) is 3.86. The number of anilines is 2. The van der Waals surface area contributed by atoms with E-state index in [-0.39, 0.29) is 11.1 Å². The van der Waals surface area contributed by atoms with Gasteiger partial charge in [0.15, 0.2) is 0 Å². The van der Waals surface area contributed by atoms with E-state index in [2.05, 4.69) is 10.6 Å². The SMILES string of the molecule is Cc1cccc(C)c1N/C=C(/C#N)C(=O)Nc1ccc(C(=O)O)cc1. The number of nitrogens with zero attached hydrogens (tertiary/aromatic N) is 1. The Labute approximate surface area is 145 Å². The molecule has 25 heavy (non-hydrogen) atoms. The van der Waals surface area contributed by atoms with Crippen LogP contribution in [-0.2, 0) is 4.79 Å². The van der Waals surface area contributed by atoms with E-state index in [9.17, 15) is 14.9 Å². The minimum absolute atomic E-state index is 0.0926. The molecule has 0 heterocycles. The Morgan fingerprint density at radius 1 is 1.08 bits per heavy atom. The molecule has 0 aliphatic carbocycles. The molecule has 2 aromatic rings. The Balaban J connectivity index is 2.13. The van der Waals surface area contributed by atoms with Crippen LogP contribution in [-0.4, -0.2) is 17.0 Å². The third-order valence-corrected chi connectivity index (χ3v) is 3.60. The molecule has 0 saturated heterocycles. The maximum atomic E-state index is 12.2. The summed E-state index contributed by atoms with van der Waals surface area (Å²) in [4.78, 5) is 23.0. The third-order valence-electron chi connectivity index (χ3n) is 3.60. The van der Waals surface area contributed by atoms with Crippen molar-refractivity contribution in [3.63, 3.8) is 0 Å². The van der Waals surface area contributed by atoms with Gasteiger partial charge in [-0.15, -0.1) is 0 Å². The Bertz CT molecular complexity index is 858. The topological polar surface area (TPSA) is 102 Å². The van der Waals surface area contributed by atoms with Crippen LogP contribution in [0.15, 0.2) is 54.2 Å². The molecule has 2 rings (SSSR count). The van der Waals surface area contributed by atoms with Crippen LogP contribution >= 0.6 is 0 Å². The molecule has 0 aliphatic heterocycles. The molecule has 0 bridgehead atoms. The highest BCUT2D eigenvalue weighted by atomic mass is 16.4. The van der Waals surface area contributed by atoms with Crippen LogP contribution in [0.1, 0.15) is 21.5 Å². The highest BCUT2D eigenvalue weighted by Gasteiger charge is 2.10. The van der Waals surface area contributed by atoms with E-state index in [1.165, 1.54) is 30.5 Å². The van der Waals surface area contributed by atoms with Crippen molar-refractivity contribution in [2.75, 3.05) is 10.6 Å². The monoisotopic (exact) mass is 335 g/mol. The van der Waals surface area contributed by atoms with Gasteiger partial charge in [-0.25, -0.2) is 4.79 Å². The van der Waals surface area contributed by atoms with E-state index in [4.69, 9.17) is 5.11 Å². The lowest BCUT2D eigenvalue weighted by molar-refractivity contribution is -0.112. The van der Waals surface area contributed by atoms with Gasteiger partial charge in [0.25, 0.3) is 5.91 Å². The van der Waals surface area contributed by atoms with Gasteiger partial charge in [0.2, 0.25) is 0 Å². The molecule has 0 spiro atoms. The zero-order chi connectivity index (χ0) is 18.4. The number of aryl methyl sites for hydroxylation is 2. The molecule has 0 saturated carbocycles. The van der Waals surface area contributed by atoms with Crippen LogP contribution in [0.2, 0.25) is 0 Å². The standard InChI is InChI=1S/C19H17N3O3/c1-12-4-3-5-13(2)17(12)21-11-15(10-20)18(23)22-16-8-6-14(7-9-16)19(24)25/h3-9,11,21H,1-2H3,(H,22,23)(H,24,25)/b15-11-. The number of carbonyl (C=O) groups is 2. The first-order valence-electron chi connectivity index (χ1n) is 7.50. The number of nitriles is 1. The normalized spacial score (nSPS) is 10.7. The minimum atomic E-state index is -1.05. The van der Waals surface area contributed by atoms with E-state index in [1.807, 2.05) is 38.1 Å². The van der Waals surface area contributed by atoms with Crippen LogP contribution in [0.5, 0.6) is 0 Å². The lowest BCUT2D eigenvalue weighted by atomic mass is 10.1. The number of carboxylic acid groups (broad SMARTS) is 1. The summed E-state index contributed by atoms with van der Waals surface area (Å²) in [5.74, 6) is -1.63. The van der Waals surface area contributed by atoms with Crippen molar-refractivity contribution < 1.29 is 14.7 Å². The largest absolute Gasteiger partial charge is 0.478 e. The fourth-order valence-corrected chi connectivity index (χ4v) is 2.23. The highest BCUT2D eigenvalue weighted by molar-refractivity contribution is 6.06. The van der Waals surface area contributed by atoms with Crippen molar-refractivity contribution >= 4 is 23.3 Å². The van der Waals surface area contributed by atoms with Gasteiger partial charge < -0.3 is 15.7 Å². The smallest absolute Gasteiger partial charge is 0.335 e. The molecule has 1 amide bonds. The van der Waals surface area contributed by atoms with Crippen LogP contribution in [0.3, 0.4) is 0 Å². The van der Waals surface area contributed by atoms with Gasteiger partial charge >= 0.3 is 5.97 Å². The molecule has 0 atom stereocenters. The summed E-state index contributed by atoms with van der Waals surface area (Å²) in [5, 5.41) is 23.6. The molecular weight excluding hydrogens is 318 g/mol. The van der Waals surface area contributed by atoms with Gasteiger partial charge in [-0.2, -0.15) is 5.26 Å². The lowest BCUT2D eigenvalue weighted by Gasteiger charge is -2.10. The summed E-state index contributed by atoms with van der Waals surface area (Å²) in [6, 6.07) is 13.3. The maximum Gasteiger partial charge on any atom is 0.335 e. The number of rotatable bonds is 5. The molecule has 0 fully saturated rings. The van der Waals surface area contributed by atoms with Crippen LogP contribution in [0.4, 0.5) is 11.4 Å². The summed E-state index contributed by atoms with van der Waals surface area (Å²) < 4.78 is 0. The molecule has 126 valence electrons. The second-order valence-electron chi connectivity index (χ2n) is 5.42. The highest BCUT2D eigenvalue weighted by Crippen LogP contribution is 2.20. The quantitative estimate of drug-likeness (QED) is 0.573. The molecule has 0 unspecified atom stereocenters. The van der Waals surface area contributed by atoms with Gasteiger partial charge in [-0.1, -0.05) is 18.2 Å². The number of para-hydroxylation sites is 1. The number of carbonyl (C=O) groups excluding carboxylic acids is 1. The molecular formula is C19H17N3O3. The van der Waals surface area contributed by atoms with E-state index in [0.29, 0.717) is 5.69 Å². The minimum Gasteiger partial charge on any atom is -0.478 e. The fraction of sp³-hybridized carbons (Fsp3) is 0.105. The van der Waals surface area contributed by atoms with Crippen molar-refractivity contribution in [3.05, 3.63) is 70.9 Å². The van der Waals surface area contributed by atoms with Crippen molar-refractivity contribution in [1.29, 1.82) is 5.26 Å². The van der Waals surface area contributed by atoms with Gasteiger partial charge in [0.1, 0.15) is 11.6 Å². The molecule has 0 aliphatic rings. The van der Waals surface area contributed by atoms with E-state index in [0.717, 1.165) is 16.8 Å². The number of nitrogens with one attached hydrogen (secondary N) is 2. The van der Waals surface area contributed by atoms with Crippen molar-refractivity contribution in [2.45, 2.75) is 13.8 Å². The third kappa shape index (κ3) is 4.45. The number of hydrogen-bond acceptors (Lipinski definition) is 4. The molecule has 0 aromatic heterocycles. The molecule has 2 aromatic carbocycles. The fourth-order valence-electron chi connectivity index (χ4n) is 2.23. The van der Waals surface area contributed by atoms with Gasteiger partial charge in [-0.3, -0.25) is 4.79 Å². The average Bonchev–Trinajstić information content (AvgIpc) is 2.58. The summed E-state index contributed by atoms with van der Waals surface area (Å²) >= 11 is 0. The predicted molar refractivity (Wildman–Crippen MR) is 95.3 cm³/mol. The Hall–Kier alpha value is -3.59. The van der Waals surface area contributed by atoms with Gasteiger partial charge in [0, 0.05) is 17.6 Å². The molecule has 6 heteroatoms. The molecule has 0 radical (unpaired) electrons. The average molecular weight is 335 g/mol. The van der Waals surface area contributed by atoms with E-state index < -0.39 is 11.9 Å². The second-order valence-corrected chi connectivity index (χ2v) is 5.42. The number of carboxylic acids is 1. The maximum absolute atomic E-state index is 12.2. The van der Waals surface area contributed by atoms with Crippen LogP contribution in [0, 0.1) is 25.2 Å². The summed E-state index contributed by atoms with van der Waals surface area (Å²) in [6.07, 6.45) is 1.36. The first-order valence-corrected chi connectivity index (χ1v) is 7.50. The number of aromatic carboxylic acids is 1. The van der Waals surface area contributed by atoms with Crippen LogP contribution in [0.25, 0.3) is 0 Å². The Morgan fingerprint density at radius 2 is 1.68 bits per heavy atom. The van der Waals surface area contributed by atoms with Crippen molar-refractivity contribution in [3.8, 4) is 6.07 Å². The zero-order valence-corrected chi connectivity index (χ0v) is 13.8. The van der Waals surface area contributed by atoms with Crippen molar-refractivity contribution in [2.24, 2.45) is 0 Å². The lowest BCUT2D eigenvalue weighted by Crippen LogP contribution is -2.14. The van der Waals surface area contributed by atoms with Gasteiger partial charge in [0.05, 0.1) is 5.56 Å². The van der Waals surface area contributed by atoms with E-state index in [1.54, 1.807) is 0 Å². The summed E-state index contributed by atoms with van der Waals surface area (Å²) in [5.41, 5.74) is 3.27. The molecule has 3 N–H and O–H groups in total.